The molecule has 1 heterocycles. The van der Waals surface area contributed by atoms with Gasteiger partial charge in [-0.3, -0.25) is 0 Å². The van der Waals surface area contributed by atoms with E-state index in [1.807, 2.05) is 6.07 Å². The lowest BCUT2D eigenvalue weighted by Crippen LogP contribution is -2.23. The third-order valence-electron chi connectivity index (χ3n) is 4.24. The largest absolute Gasteiger partial charge is 0.310 e. The van der Waals surface area contributed by atoms with Gasteiger partial charge in [0.2, 0.25) is 0 Å². The van der Waals surface area contributed by atoms with Crippen LogP contribution in [0.5, 0.6) is 0 Å². The van der Waals surface area contributed by atoms with Gasteiger partial charge in [0, 0.05) is 10.5 Å². The van der Waals surface area contributed by atoms with Crippen LogP contribution in [-0.4, -0.2) is 12.6 Å². The maximum atomic E-state index is 13.0. The molecule has 3 unspecified atom stereocenters. The zero-order valence-corrected chi connectivity index (χ0v) is 11.8. The number of hydrogen-bond acceptors (Lipinski definition) is 1. The number of fused-ring (bicyclic) bond motifs is 1. The number of nitrogens with one attached hydrogen (secondary N) is 1. The van der Waals surface area contributed by atoms with Crippen LogP contribution < -0.4 is 5.32 Å². The zero-order chi connectivity index (χ0) is 12.5. The van der Waals surface area contributed by atoms with Crippen molar-refractivity contribution in [1.29, 1.82) is 0 Å². The summed E-state index contributed by atoms with van der Waals surface area (Å²) in [5.41, 5.74) is 1.04. The van der Waals surface area contributed by atoms with Crippen molar-refractivity contribution in [3.05, 3.63) is 40.1 Å². The highest BCUT2D eigenvalue weighted by Crippen LogP contribution is 2.38. The predicted octanol–water partition coefficient (Wildman–Crippen LogP) is 3.99. The van der Waals surface area contributed by atoms with E-state index in [1.165, 1.54) is 31.4 Å². The second kappa shape index (κ2) is 5.14. The molecule has 0 spiro atoms. The molecular formula is C15H17BrFN. The summed E-state index contributed by atoms with van der Waals surface area (Å²) in [7, 11) is 0. The number of benzene rings is 1. The first-order chi connectivity index (χ1) is 8.74. The van der Waals surface area contributed by atoms with Gasteiger partial charge in [0.15, 0.2) is 0 Å². The van der Waals surface area contributed by atoms with Gasteiger partial charge < -0.3 is 5.32 Å². The minimum atomic E-state index is -0.200. The lowest BCUT2D eigenvalue weighted by molar-refractivity contribution is 0.456. The first-order valence-corrected chi connectivity index (χ1v) is 7.40. The van der Waals surface area contributed by atoms with Gasteiger partial charge in [0.25, 0.3) is 0 Å². The topological polar surface area (TPSA) is 12.0 Å². The lowest BCUT2D eigenvalue weighted by Gasteiger charge is -2.13. The summed E-state index contributed by atoms with van der Waals surface area (Å²) in [4.78, 5) is 0. The molecule has 3 heteroatoms. The van der Waals surface area contributed by atoms with Crippen molar-refractivity contribution in [3.63, 3.8) is 0 Å². The van der Waals surface area contributed by atoms with Crippen LogP contribution in [0.1, 0.15) is 24.8 Å². The molecule has 0 aromatic heterocycles. The van der Waals surface area contributed by atoms with E-state index in [0.29, 0.717) is 6.04 Å². The van der Waals surface area contributed by atoms with Crippen LogP contribution in [0, 0.1) is 17.7 Å². The number of rotatable bonds is 2. The molecule has 0 amide bonds. The molecule has 0 radical (unpaired) electrons. The minimum Gasteiger partial charge on any atom is -0.310 e. The van der Waals surface area contributed by atoms with Crippen LogP contribution in [0.2, 0.25) is 0 Å². The van der Waals surface area contributed by atoms with Gasteiger partial charge in [-0.1, -0.05) is 40.6 Å². The maximum absolute atomic E-state index is 13.0. The van der Waals surface area contributed by atoms with E-state index < -0.39 is 0 Å². The fourth-order valence-corrected chi connectivity index (χ4v) is 3.77. The molecule has 1 saturated heterocycles. The average Bonchev–Trinajstić information content (AvgIpc) is 2.91. The van der Waals surface area contributed by atoms with Gasteiger partial charge >= 0.3 is 0 Å². The van der Waals surface area contributed by atoms with Crippen LogP contribution in [-0.2, 0) is 0 Å². The van der Waals surface area contributed by atoms with Gasteiger partial charge in [-0.2, -0.15) is 0 Å². The van der Waals surface area contributed by atoms with Gasteiger partial charge in [-0.25, -0.2) is 4.39 Å². The van der Waals surface area contributed by atoms with Crippen molar-refractivity contribution in [3.8, 4) is 0 Å². The average molecular weight is 310 g/mol. The van der Waals surface area contributed by atoms with Crippen molar-refractivity contribution in [2.75, 3.05) is 6.54 Å². The van der Waals surface area contributed by atoms with Crippen molar-refractivity contribution in [1.82, 2.24) is 5.32 Å². The van der Waals surface area contributed by atoms with E-state index in [9.17, 15) is 4.39 Å². The fraction of sp³-hybridized carbons (Fsp3) is 0.467. The van der Waals surface area contributed by atoms with E-state index in [-0.39, 0.29) is 5.82 Å². The SMILES string of the molecule is Fc1ccc(/C=C/C2NCC3CCCC32)c(Br)c1. The first kappa shape index (κ1) is 12.4. The third kappa shape index (κ3) is 2.39. The van der Waals surface area contributed by atoms with Gasteiger partial charge in [0.05, 0.1) is 0 Å². The van der Waals surface area contributed by atoms with Crippen molar-refractivity contribution >= 4 is 22.0 Å². The Morgan fingerprint density at radius 3 is 3.06 bits per heavy atom. The number of halogens is 2. The number of hydrogen-bond donors (Lipinski definition) is 1. The summed E-state index contributed by atoms with van der Waals surface area (Å²) in [5.74, 6) is 1.48. The standard InChI is InChI=1S/C15H17BrFN/c16-14-8-12(17)6-4-10(14)5-7-15-13-3-1-2-11(13)9-18-15/h4-8,11,13,15,18H,1-3,9H2/b7-5+. The highest BCUT2D eigenvalue weighted by atomic mass is 79.9. The van der Waals surface area contributed by atoms with Crippen LogP contribution in [0.4, 0.5) is 4.39 Å². The van der Waals surface area contributed by atoms with Crippen molar-refractivity contribution in [2.24, 2.45) is 11.8 Å². The van der Waals surface area contributed by atoms with E-state index in [0.717, 1.165) is 28.4 Å². The van der Waals surface area contributed by atoms with Gasteiger partial charge in [-0.15, -0.1) is 0 Å². The highest BCUT2D eigenvalue weighted by Gasteiger charge is 2.37. The molecule has 2 fully saturated rings. The Kier molecular flexibility index (Phi) is 3.53. The molecule has 3 atom stereocenters. The summed E-state index contributed by atoms with van der Waals surface area (Å²) < 4.78 is 13.8. The molecule has 96 valence electrons. The predicted molar refractivity (Wildman–Crippen MR) is 75.8 cm³/mol. The van der Waals surface area contributed by atoms with Crippen LogP contribution >= 0.6 is 15.9 Å². The van der Waals surface area contributed by atoms with Crippen molar-refractivity contribution < 1.29 is 4.39 Å². The quantitative estimate of drug-likeness (QED) is 0.871. The second-order valence-electron chi connectivity index (χ2n) is 5.31. The molecule has 1 N–H and O–H groups in total. The highest BCUT2D eigenvalue weighted by molar-refractivity contribution is 9.10. The summed E-state index contributed by atoms with van der Waals surface area (Å²) in [6.07, 6.45) is 8.44. The van der Waals surface area contributed by atoms with Crippen molar-refractivity contribution in [2.45, 2.75) is 25.3 Å². The van der Waals surface area contributed by atoms with E-state index >= 15 is 0 Å². The van der Waals surface area contributed by atoms with Crippen LogP contribution in [0.15, 0.2) is 28.7 Å². The van der Waals surface area contributed by atoms with E-state index in [2.05, 4.69) is 33.4 Å². The molecule has 1 saturated carbocycles. The Labute approximate surface area is 116 Å². The summed E-state index contributed by atoms with van der Waals surface area (Å²) in [6, 6.07) is 5.33. The minimum absolute atomic E-state index is 0.200. The summed E-state index contributed by atoms with van der Waals surface area (Å²) >= 11 is 3.40. The molecule has 1 nitrogen and oxygen atoms in total. The Morgan fingerprint density at radius 2 is 2.22 bits per heavy atom. The van der Waals surface area contributed by atoms with E-state index in [1.54, 1.807) is 0 Å². The molecule has 1 aliphatic carbocycles. The van der Waals surface area contributed by atoms with Crippen LogP contribution in [0.3, 0.4) is 0 Å². The molecule has 2 aliphatic rings. The van der Waals surface area contributed by atoms with Gasteiger partial charge in [-0.05, 0) is 48.9 Å². The second-order valence-corrected chi connectivity index (χ2v) is 6.17. The summed E-state index contributed by atoms with van der Waals surface area (Å²) in [5, 5.41) is 3.58. The molecule has 1 aromatic rings. The smallest absolute Gasteiger partial charge is 0.124 e. The maximum Gasteiger partial charge on any atom is 0.124 e. The third-order valence-corrected chi connectivity index (χ3v) is 4.93. The van der Waals surface area contributed by atoms with E-state index in [4.69, 9.17) is 0 Å². The van der Waals surface area contributed by atoms with Crippen LogP contribution in [0.25, 0.3) is 6.08 Å². The Morgan fingerprint density at radius 1 is 1.33 bits per heavy atom. The molecular weight excluding hydrogens is 293 g/mol. The first-order valence-electron chi connectivity index (χ1n) is 6.60. The fourth-order valence-electron chi connectivity index (χ4n) is 3.29. The molecule has 1 aliphatic heterocycles. The normalized spacial score (nSPS) is 31.1. The lowest BCUT2D eigenvalue weighted by atomic mass is 9.93. The Bertz CT molecular complexity index is 472. The summed E-state index contributed by atoms with van der Waals surface area (Å²) in [6.45, 7) is 1.16. The Hall–Kier alpha value is -0.670. The zero-order valence-electron chi connectivity index (χ0n) is 10.2. The Balaban J connectivity index is 1.74. The molecule has 18 heavy (non-hydrogen) atoms. The molecule has 3 rings (SSSR count). The van der Waals surface area contributed by atoms with Gasteiger partial charge in [0.1, 0.15) is 5.82 Å². The monoisotopic (exact) mass is 309 g/mol. The molecule has 1 aromatic carbocycles. The molecule has 0 bridgehead atoms.